The molecule has 0 radical (unpaired) electrons. The molecule has 0 aliphatic heterocycles. The summed E-state index contributed by atoms with van der Waals surface area (Å²) in [6.07, 6.45) is 2.11. The lowest BCUT2D eigenvalue weighted by molar-refractivity contribution is 0.600. The van der Waals surface area contributed by atoms with Gasteiger partial charge in [-0.1, -0.05) is 26.0 Å². The van der Waals surface area contributed by atoms with Crippen LogP contribution in [0.25, 0.3) is 20.9 Å². The van der Waals surface area contributed by atoms with Crippen LogP contribution in [-0.4, -0.2) is 4.57 Å². The van der Waals surface area contributed by atoms with Crippen molar-refractivity contribution in [2.24, 2.45) is 0 Å². The first kappa shape index (κ1) is 13.6. The number of rotatable bonds is 1. The third-order valence-corrected chi connectivity index (χ3v) is 4.07. The van der Waals surface area contributed by atoms with Crippen LogP contribution >= 0.6 is 11.3 Å². The summed E-state index contributed by atoms with van der Waals surface area (Å²) >= 11 is 1.74. The minimum Gasteiger partial charge on any atom is -0.336 e. The fraction of sp³-hybridized carbons (Fsp3) is 0.312. The highest BCUT2D eigenvalue weighted by Crippen LogP contribution is 2.33. The number of aromatic nitrogens is 1. The van der Waals surface area contributed by atoms with Crippen molar-refractivity contribution in [2.45, 2.75) is 33.7 Å². The molecule has 3 aromatic rings. The zero-order valence-corrected chi connectivity index (χ0v) is 12.6. The van der Waals surface area contributed by atoms with Crippen molar-refractivity contribution in [1.29, 1.82) is 5.26 Å². The molecule has 0 spiro atoms. The van der Waals surface area contributed by atoms with Gasteiger partial charge in [-0.25, -0.2) is 0 Å². The van der Waals surface area contributed by atoms with Crippen LogP contribution in [0.2, 0.25) is 0 Å². The zero-order valence-electron chi connectivity index (χ0n) is 11.8. The van der Waals surface area contributed by atoms with Crippen molar-refractivity contribution in [3.8, 4) is 6.07 Å². The Bertz CT molecular complexity index is 741. The van der Waals surface area contributed by atoms with Gasteiger partial charge in [-0.2, -0.15) is 5.26 Å². The van der Waals surface area contributed by atoms with Crippen molar-refractivity contribution < 1.29 is 0 Å². The van der Waals surface area contributed by atoms with Crippen molar-refractivity contribution >= 4 is 32.2 Å². The van der Waals surface area contributed by atoms with Crippen molar-refractivity contribution in [1.82, 2.24) is 4.57 Å². The van der Waals surface area contributed by atoms with E-state index in [0.717, 1.165) is 11.1 Å². The van der Waals surface area contributed by atoms with Crippen LogP contribution in [0.3, 0.4) is 0 Å². The van der Waals surface area contributed by atoms with Crippen LogP contribution in [0, 0.1) is 11.3 Å². The maximum atomic E-state index is 9.31. The average molecular weight is 270 g/mol. The molecular formula is C16H18N2S. The summed E-state index contributed by atoms with van der Waals surface area (Å²) in [5, 5.41) is 14.9. The molecule has 0 saturated carbocycles. The highest BCUT2D eigenvalue weighted by molar-refractivity contribution is 7.18. The summed E-state index contributed by atoms with van der Waals surface area (Å²) in [4.78, 5) is 0. The van der Waals surface area contributed by atoms with Gasteiger partial charge in [0.05, 0.1) is 0 Å². The topological polar surface area (TPSA) is 28.7 Å². The van der Waals surface area contributed by atoms with Gasteiger partial charge in [0.25, 0.3) is 0 Å². The number of nitriles is 1. The maximum Gasteiger partial charge on any atom is 0.128 e. The largest absolute Gasteiger partial charge is 0.336 e. The van der Waals surface area contributed by atoms with Gasteiger partial charge < -0.3 is 4.57 Å². The molecule has 0 saturated heterocycles. The lowest BCUT2D eigenvalue weighted by atomic mass is 10.1. The molecule has 2 aromatic heterocycles. The van der Waals surface area contributed by atoms with E-state index in [2.05, 4.69) is 54.3 Å². The maximum absolute atomic E-state index is 9.31. The fourth-order valence-corrected chi connectivity index (χ4v) is 3.17. The van der Waals surface area contributed by atoms with Crippen molar-refractivity contribution in [2.75, 3.05) is 0 Å². The smallest absolute Gasteiger partial charge is 0.128 e. The Morgan fingerprint density at radius 2 is 1.89 bits per heavy atom. The van der Waals surface area contributed by atoms with Gasteiger partial charge >= 0.3 is 0 Å². The molecule has 98 valence electrons. The molecule has 2 nitrogen and oxygen atoms in total. The van der Waals surface area contributed by atoms with Crippen LogP contribution in [-0.2, 0) is 0 Å². The van der Waals surface area contributed by atoms with Crippen LogP contribution in [0.5, 0.6) is 0 Å². The minimum absolute atomic E-state index is 0.312. The minimum atomic E-state index is 0.312. The molecule has 1 aromatic carbocycles. The van der Waals surface area contributed by atoms with Crippen LogP contribution < -0.4 is 0 Å². The summed E-state index contributed by atoms with van der Waals surface area (Å²) in [5.41, 5.74) is 0.769. The first-order valence-corrected chi connectivity index (χ1v) is 7.51. The molecule has 0 N–H and O–H groups in total. The Morgan fingerprint density at radius 1 is 1.16 bits per heavy atom. The lowest BCUT2D eigenvalue weighted by Gasteiger charge is -2.07. The molecular weight excluding hydrogens is 252 g/mol. The van der Waals surface area contributed by atoms with Crippen molar-refractivity contribution in [3.63, 3.8) is 0 Å². The summed E-state index contributed by atoms with van der Waals surface area (Å²) in [5.74, 6) is 0. The van der Waals surface area contributed by atoms with Gasteiger partial charge in [-0.3, -0.25) is 0 Å². The lowest BCUT2D eigenvalue weighted by Crippen LogP contribution is -2.00. The standard InChI is InChI=1S/C14H12N2S.C2H6/c1-9(2)16-8-12-11(13(16)7-15)4-3-10-5-6-17-14(10)12;1-2/h3-6,8-9H,1-2H3;1-2H3. The molecule has 3 rings (SSSR count). The van der Waals surface area contributed by atoms with E-state index in [0.29, 0.717) is 6.04 Å². The molecule has 0 aliphatic rings. The summed E-state index contributed by atoms with van der Waals surface area (Å²) in [7, 11) is 0. The van der Waals surface area contributed by atoms with Crippen molar-refractivity contribution in [3.05, 3.63) is 35.5 Å². The highest BCUT2D eigenvalue weighted by Gasteiger charge is 2.13. The van der Waals surface area contributed by atoms with Gasteiger partial charge in [-0.05, 0) is 30.7 Å². The molecule has 0 amide bonds. The van der Waals surface area contributed by atoms with E-state index in [9.17, 15) is 5.26 Å². The fourth-order valence-electron chi connectivity index (χ4n) is 2.26. The number of nitrogens with zero attached hydrogens (tertiary/aromatic N) is 2. The number of fused-ring (bicyclic) bond motifs is 3. The van der Waals surface area contributed by atoms with Gasteiger partial charge in [0.1, 0.15) is 11.8 Å². The predicted molar refractivity (Wildman–Crippen MR) is 83.8 cm³/mol. The Kier molecular flexibility index (Phi) is 3.92. The first-order valence-electron chi connectivity index (χ1n) is 6.63. The summed E-state index contributed by atoms with van der Waals surface area (Å²) in [6, 6.07) is 8.91. The SMILES string of the molecule is CC.CC(C)n1cc2c(ccc3ccsc32)c1C#N. The van der Waals surface area contributed by atoms with E-state index < -0.39 is 0 Å². The van der Waals surface area contributed by atoms with E-state index in [1.165, 1.54) is 15.5 Å². The van der Waals surface area contributed by atoms with E-state index in [1.807, 2.05) is 13.8 Å². The number of thiophene rings is 1. The molecule has 0 fully saturated rings. The molecule has 0 bridgehead atoms. The predicted octanol–water partition coefficient (Wildman–Crippen LogP) is 5.33. The Morgan fingerprint density at radius 3 is 2.53 bits per heavy atom. The molecule has 0 unspecified atom stereocenters. The number of benzene rings is 1. The Hall–Kier alpha value is -1.79. The quantitative estimate of drug-likeness (QED) is 0.587. The third kappa shape index (κ3) is 2.13. The second-order valence-corrected chi connectivity index (χ2v) is 5.37. The molecule has 3 heteroatoms. The van der Waals surface area contributed by atoms with E-state index in [1.54, 1.807) is 11.3 Å². The second-order valence-electron chi connectivity index (χ2n) is 4.46. The zero-order chi connectivity index (χ0) is 14.0. The molecule has 0 atom stereocenters. The summed E-state index contributed by atoms with van der Waals surface area (Å²) < 4.78 is 3.34. The first-order chi connectivity index (χ1) is 9.22. The second kappa shape index (κ2) is 5.46. The van der Waals surface area contributed by atoms with Gasteiger partial charge in [0.15, 0.2) is 0 Å². The Labute approximate surface area is 117 Å². The van der Waals surface area contributed by atoms with Crippen LogP contribution in [0.15, 0.2) is 29.8 Å². The third-order valence-electron chi connectivity index (χ3n) is 3.10. The van der Waals surface area contributed by atoms with E-state index in [-0.39, 0.29) is 0 Å². The van der Waals surface area contributed by atoms with Gasteiger partial charge in [0.2, 0.25) is 0 Å². The normalized spacial score (nSPS) is 10.5. The number of hydrogen-bond acceptors (Lipinski definition) is 2. The van der Waals surface area contributed by atoms with E-state index >= 15 is 0 Å². The highest BCUT2D eigenvalue weighted by atomic mass is 32.1. The van der Waals surface area contributed by atoms with Crippen LogP contribution in [0.1, 0.15) is 39.4 Å². The number of hydrogen-bond donors (Lipinski definition) is 0. The van der Waals surface area contributed by atoms with Gasteiger partial charge in [0, 0.05) is 27.7 Å². The van der Waals surface area contributed by atoms with Crippen LogP contribution in [0.4, 0.5) is 0 Å². The molecule has 2 heterocycles. The Balaban J connectivity index is 0.000000637. The monoisotopic (exact) mass is 270 g/mol. The summed E-state index contributed by atoms with van der Waals surface area (Å²) in [6.45, 7) is 8.21. The van der Waals surface area contributed by atoms with E-state index in [4.69, 9.17) is 0 Å². The van der Waals surface area contributed by atoms with Gasteiger partial charge in [-0.15, -0.1) is 11.3 Å². The molecule has 19 heavy (non-hydrogen) atoms. The average Bonchev–Trinajstić information content (AvgIpc) is 3.03. The molecule has 0 aliphatic carbocycles.